The van der Waals surface area contributed by atoms with Gasteiger partial charge in [-0.05, 0) is 58.3 Å². The van der Waals surface area contributed by atoms with Crippen LogP contribution in [0.3, 0.4) is 0 Å². The molecule has 1 atom stereocenters. The van der Waals surface area contributed by atoms with E-state index in [0.29, 0.717) is 0 Å². The molecular weight excluding hydrogens is 296 g/mol. The highest BCUT2D eigenvalue weighted by molar-refractivity contribution is 9.10. The van der Waals surface area contributed by atoms with Crippen molar-refractivity contribution in [3.8, 4) is 0 Å². The van der Waals surface area contributed by atoms with Gasteiger partial charge in [0, 0.05) is 9.35 Å². The lowest BCUT2D eigenvalue weighted by Gasteiger charge is -2.10. The maximum absolute atomic E-state index is 10.1. The van der Waals surface area contributed by atoms with Gasteiger partial charge < -0.3 is 5.11 Å². The molecule has 1 N–H and O–H groups in total. The number of benzene rings is 1. The third-order valence-corrected chi connectivity index (χ3v) is 4.87. The molecule has 1 aromatic heterocycles. The van der Waals surface area contributed by atoms with Crippen molar-refractivity contribution in [1.82, 2.24) is 0 Å². The van der Waals surface area contributed by atoms with E-state index in [1.165, 1.54) is 11.1 Å². The van der Waals surface area contributed by atoms with Crippen molar-refractivity contribution in [2.75, 3.05) is 0 Å². The molecule has 3 heteroatoms. The number of thiophene rings is 1. The molecule has 0 aliphatic rings. The average Bonchev–Trinajstić information content (AvgIpc) is 2.74. The van der Waals surface area contributed by atoms with Gasteiger partial charge in [-0.1, -0.05) is 24.3 Å². The number of aliphatic hydroxyl groups excluding tert-OH is 1. The van der Waals surface area contributed by atoms with E-state index in [2.05, 4.69) is 41.1 Å². The van der Waals surface area contributed by atoms with E-state index in [-0.39, 0.29) is 6.10 Å². The first-order valence-corrected chi connectivity index (χ1v) is 7.31. The summed E-state index contributed by atoms with van der Waals surface area (Å²) in [5.74, 6) is 0. The topological polar surface area (TPSA) is 20.2 Å². The van der Waals surface area contributed by atoms with Gasteiger partial charge in [0.2, 0.25) is 0 Å². The summed E-state index contributed by atoms with van der Waals surface area (Å²) in [6.45, 7) is 2.11. The summed E-state index contributed by atoms with van der Waals surface area (Å²) in [7, 11) is 0. The van der Waals surface area contributed by atoms with Crippen molar-refractivity contribution in [2.45, 2.75) is 25.9 Å². The van der Waals surface area contributed by atoms with Crippen LogP contribution < -0.4 is 0 Å². The molecule has 1 unspecified atom stereocenters. The molecule has 0 bridgehead atoms. The smallest absolute Gasteiger partial charge is 0.0896 e. The number of aryl methyl sites for hydroxylation is 2. The van der Waals surface area contributed by atoms with Crippen LogP contribution in [0.2, 0.25) is 0 Å². The Labute approximate surface area is 114 Å². The maximum Gasteiger partial charge on any atom is 0.0896 e. The Morgan fingerprint density at radius 3 is 2.71 bits per heavy atom. The van der Waals surface area contributed by atoms with Crippen molar-refractivity contribution >= 4 is 27.3 Å². The monoisotopic (exact) mass is 310 g/mol. The Bertz CT molecular complexity index is 492. The van der Waals surface area contributed by atoms with Crippen LogP contribution in [0.4, 0.5) is 0 Å². The Balaban J connectivity index is 2.00. The maximum atomic E-state index is 10.1. The Morgan fingerprint density at radius 2 is 2.06 bits per heavy atom. The summed E-state index contributed by atoms with van der Waals surface area (Å²) >= 11 is 5.06. The van der Waals surface area contributed by atoms with Crippen LogP contribution in [-0.2, 0) is 6.42 Å². The van der Waals surface area contributed by atoms with E-state index in [1.807, 2.05) is 17.5 Å². The average molecular weight is 311 g/mol. The molecule has 0 amide bonds. The van der Waals surface area contributed by atoms with Crippen molar-refractivity contribution < 1.29 is 5.11 Å². The molecule has 2 aromatic rings. The highest BCUT2D eigenvalue weighted by Crippen LogP contribution is 2.31. The first-order valence-electron chi connectivity index (χ1n) is 5.64. The lowest BCUT2D eigenvalue weighted by molar-refractivity contribution is 0.171. The van der Waals surface area contributed by atoms with Gasteiger partial charge in [0.25, 0.3) is 0 Å². The fraction of sp³-hybridized carbons (Fsp3) is 0.286. The van der Waals surface area contributed by atoms with E-state index >= 15 is 0 Å². The molecule has 0 aliphatic heterocycles. The van der Waals surface area contributed by atoms with Crippen molar-refractivity contribution in [3.63, 3.8) is 0 Å². The van der Waals surface area contributed by atoms with Gasteiger partial charge in [-0.2, -0.15) is 0 Å². The van der Waals surface area contributed by atoms with Crippen LogP contribution >= 0.6 is 27.3 Å². The second kappa shape index (κ2) is 5.80. The molecule has 1 heterocycles. The van der Waals surface area contributed by atoms with Crippen LogP contribution in [0.1, 0.15) is 28.5 Å². The van der Waals surface area contributed by atoms with Crippen LogP contribution in [0.5, 0.6) is 0 Å². The molecule has 0 fully saturated rings. The molecule has 0 aliphatic carbocycles. The van der Waals surface area contributed by atoms with Gasteiger partial charge in [0.05, 0.1) is 6.10 Å². The number of halogens is 1. The Morgan fingerprint density at radius 1 is 1.29 bits per heavy atom. The normalized spacial score (nSPS) is 12.6. The van der Waals surface area contributed by atoms with E-state index in [4.69, 9.17) is 0 Å². The molecule has 1 nitrogen and oxygen atoms in total. The zero-order valence-electron chi connectivity index (χ0n) is 9.69. The number of hydrogen-bond donors (Lipinski definition) is 1. The highest BCUT2D eigenvalue weighted by atomic mass is 79.9. The third-order valence-electron chi connectivity index (χ3n) is 2.90. The lowest BCUT2D eigenvalue weighted by Crippen LogP contribution is -1.99. The number of rotatable bonds is 4. The largest absolute Gasteiger partial charge is 0.388 e. The van der Waals surface area contributed by atoms with Gasteiger partial charge in [0.15, 0.2) is 0 Å². The molecule has 2 rings (SSSR count). The molecule has 0 saturated carbocycles. The molecule has 0 spiro atoms. The number of aliphatic hydroxyl groups is 1. The first-order chi connectivity index (χ1) is 8.18. The van der Waals surface area contributed by atoms with Gasteiger partial charge in [-0.25, -0.2) is 0 Å². The summed E-state index contributed by atoms with van der Waals surface area (Å²) in [5, 5.41) is 12.1. The van der Waals surface area contributed by atoms with E-state index < -0.39 is 0 Å². The number of hydrogen-bond acceptors (Lipinski definition) is 2. The van der Waals surface area contributed by atoms with E-state index in [1.54, 1.807) is 11.3 Å². The molecule has 0 radical (unpaired) electrons. The van der Waals surface area contributed by atoms with Gasteiger partial charge >= 0.3 is 0 Å². The summed E-state index contributed by atoms with van der Waals surface area (Å²) in [5.41, 5.74) is 2.61. The lowest BCUT2D eigenvalue weighted by atomic mass is 10.0. The fourth-order valence-corrected chi connectivity index (χ4v) is 3.52. The van der Waals surface area contributed by atoms with Gasteiger partial charge in [0.1, 0.15) is 0 Å². The summed E-state index contributed by atoms with van der Waals surface area (Å²) in [6, 6.07) is 10.3. The van der Waals surface area contributed by atoms with Crippen molar-refractivity contribution in [3.05, 3.63) is 56.2 Å². The first kappa shape index (κ1) is 12.8. The molecule has 17 heavy (non-hydrogen) atoms. The minimum Gasteiger partial charge on any atom is -0.388 e. The van der Waals surface area contributed by atoms with Crippen molar-refractivity contribution in [1.29, 1.82) is 0 Å². The van der Waals surface area contributed by atoms with Crippen LogP contribution in [0, 0.1) is 6.92 Å². The molecular formula is C14H15BrOS. The van der Waals surface area contributed by atoms with Crippen molar-refractivity contribution in [2.24, 2.45) is 0 Å². The highest BCUT2D eigenvalue weighted by Gasteiger charge is 2.12. The SMILES string of the molecule is Cc1ccccc1CCC(O)c1sccc1Br. The molecule has 1 aromatic carbocycles. The van der Waals surface area contributed by atoms with Crippen LogP contribution in [-0.4, -0.2) is 5.11 Å². The fourth-order valence-electron chi connectivity index (χ4n) is 1.86. The van der Waals surface area contributed by atoms with Crippen LogP contribution in [0.25, 0.3) is 0 Å². The van der Waals surface area contributed by atoms with E-state index in [0.717, 1.165) is 22.2 Å². The molecule has 90 valence electrons. The predicted octanol–water partition coefficient (Wildman–Crippen LogP) is 4.49. The Kier molecular flexibility index (Phi) is 4.37. The zero-order chi connectivity index (χ0) is 12.3. The second-order valence-electron chi connectivity index (χ2n) is 4.11. The van der Waals surface area contributed by atoms with E-state index in [9.17, 15) is 5.11 Å². The van der Waals surface area contributed by atoms with Gasteiger partial charge in [-0.3, -0.25) is 0 Å². The summed E-state index contributed by atoms with van der Waals surface area (Å²) < 4.78 is 1.01. The standard InChI is InChI=1S/C14H15BrOS/c1-10-4-2-3-5-11(10)6-7-13(16)14-12(15)8-9-17-14/h2-5,8-9,13,16H,6-7H2,1H3. The second-order valence-corrected chi connectivity index (χ2v) is 5.92. The van der Waals surface area contributed by atoms with Crippen LogP contribution in [0.15, 0.2) is 40.2 Å². The quantitative estimate of drug-likeness (QED) is 0.882. The summed E-state index contributed by atoms with van der Waals surface area (Å²) in [6.07, 6.45) is 1.31. The summed E-state index contributed by atoms with van der Waals surface area (Å²) in [4.78, 5) is 1.03. The third kappa shape index (κ3) is 3.18. The molecule has 0 saturated heterocycles. The predicted molar refractivity (Wildman–Crippen MR) is 76.5 cm³/mol. The minimum absolute atomic E-state index is 0.371. The Hall–Kier alpha value is -0.640. The van der Waals surface area contributed by atoms with Gasteiger partial charge in [-0.15, -0.1) is 11.3 Å². The zero-order valence-corrected chi connectivity index (χ0v) is 12.1. The minimum atomic E-state index is -0.371.